The van der Waals surface area contributed by atoms with Crippen LogP contribution >= 0.6 is 0 Å². The number of carbonyl (C=O) groups is 2. The van der Waals surface area contributed by atoms with Crippen LogP contribution in [-0.2, 0) is 11.0 Å². The standard InChI is InChI=1S/C38H44F5N5O4/c1-3-20(2)48-17-30(28-9-8-27(15-31(28)48)52-26-6-4-25(5-7-26)47-18-36(39,40)19-47)33-44-16-29(32(45-33)38(41,42)43)34(49)46-37(35(50)51)23-11-21-10-22(13-23)14-24(37)12-21/h8-9,15-17,20-26H,3-7,10-14,18-19H2,1-2H3,(H,46,49)(H,50,51)/t20-,21?,22?,23?,24?,25?,26?,37?/m1/s1. The zero-order valence-corrected chi connectivity index (χ0v) is 29.3. The number of benzene rings is 1. The van der Waals surface area contributed by atoms with Gasteiger partial charge in [-0.3, -0.25) is 9.69 Å². The molecule has 1 aromatic carbocycles. The predicted molar refractivity (Wildman–Crippen MR) is 181 cm³/mol. The molecule has 1 saturated heterocycles. The summed E-state index contributed by atoms with van der Waals surface area (Å²) < 4.78 is 79.1. The number of carbonyl (C=O) groups excluding carboxylic acids is 1. The number of nitrogens with zero attached hydrogens (tertiary/aromatic N) is 4. The molecule has 6 fully saturated rings. The summed E-state index contributed by atoms with van der Waals surface area (Å²) in [5.41, 5.74) is -2.76. The number of amides is 1. The summed E-state index contributed by atoms with van der Waals surface area (Å²) in [6.45, 7) is 3.62. The van der Waals surface area contributed by atoms with Gasteiger partial charge in [-0.25, -0.2) is 23.5 Å². The fourth-order valence-corrected chi connectivity index (χ4v) is 10.3. The van der Waals surface area contributed by atoms with Crippen LogP contribution < -0.4 is 10.1 Å². The van der Waals surface area contributed by atoms with E-state index in [1.165, 1.54) is 0 Å². The van der Waals surface area contributed by atoms with E-state index in [0.29, 0.717) is 54.2 Å². The molecule has 52 heavy (non-hydrogen) atoms. The first-order chi connectivity index (χ1) is 24.6. The summed E-state index contributed by atoms with van der Waals surface area (Å²) >= 11 is 0. The van der Waals surface area contributed by atoms with Crippen LogP contribution in [0.3, 0.4) is 0 Å². The Hall–Kier alpha value is -3.81. The Morgan fingerprint density at radius 3 is 2.27 bits per heavy atom. The van der Waals surface area contributed by atoms with Crippen molar-refractivity contribution in [2.75, 3.05) is 13.1 Å². The maximum Gasteiger partial charge on any atom is 0.434 e. The highest BCUT2D eigenvalue weighted by Gasteiger charge is 2.62. The molecule has 1 aliphatic heterocycles. The van der Waals surface area contributed by atoms with Gasteiger partial charge in [-0.15, -0.1) is 0 Å². The summed E-state index contributed by atoms with van der Waals surface area (Å²) in [4.78, 5) is 36.6. The van der Waals surface area contributed by atoms with Crippen LogP contribution in [0.2, 0.25) is 0 Å². The van der Waals surface area contributed by atoms with Gasteiger partial charge in [-0.1, -0.05) is 6.92 Å². The predicted octanol–water partition coefficient (Wildman–Crippen LogP) is 7.74. The Labute approximate surface area is 298 Å². The van der Waals surface area contributed by atoms with Gasteiger partial charge in [0.25, 0.3) is 11.8 Å². The van der Waals surface area contributed by atoms with Crippen molar-refractivity contribution in [2.45, 2.75) is 114 Å². The topological polar surface area (TPSA) is 110 Å². The van der Waals surface area contributed by atoms with E-state index in [-0.39, 0.29) is 48.9 Å². The quantitative estimate of drug-likeness (QED) is 0.217. The van der Waals surface area contributed by atoms with Crippen LogP contribution in [0.1, 0.15) is 100 Å². The summed E-state index contributed by atoms with van der Waals surface area (Å²) in [6, 6.07) is 5.49. The average molecular weight is 730 g/mol. The first-order valence-electron chi connectivity index (χ1n) is 18.6. The average Bonchev–Trinajstić information content (AvgIpc) is 3.46. The molecule has 3 heterocycles. The number of aromatic nitrogens is 3. The number of ether oxygens (including phenoxy) is 1. The molecule has 9 nitrogen and oxygen atoms in total. The molecule has 3 aromatic rings. The second-order valence-electron chi connectivity index (χ2n) is 16.1. The maximum atomic E-state index is 14.7. The van der Waals surface area contributed by atoms with Crippen molar-refractivity contribution in [3.8, 4) is 17.1 Å². The normalized spacial score (nSPS) is 31.7. The van der Waals surface area contributed by atoms with Crippen molar-refractivity contribution in [2.24, 2.45) is 23.7 Å². The molecule has 0 unspecified atom stereocenters. The lowest BCUT2D eigenvalue weighted by atomic mass is 9.48. The van der Waals surface area contributed by atoms with Gasteiger partial charge in [-0.05, 0) is 107 Å². The number of nitrogens with one attached hydrogen (secondary N) is 1. The van der Waals surface area contributed by atoms with Gasteiger partial charge in [0.15, 0.2) is 11.5 Å². The zero-order valence-electron chi connectivity index (χ0n) is 29.3. The highest BCUT2D eigenvalue weighted by atomic mass is 19.4. The van der Waals surface area contributed by atoms with E-state index in [1.807, 2.05) is 29.4 Å². The van der Waals surface area contributed by atoms with Crippen molar-refractivity contribution < 1.29 is 41.4 Å². The number of rotatable bonds is 9. The number of alkyl halides is 5. The molecule has 1 amide bonds. The van der Waals surface area contributed by atoms with Crippen molar-refractivity contribution in [3.63, 3.8) is 0 Å². The molecule has 14 heteroatoms. The molecule has 2 aromatic heterocycles. The Balaban J connectivity index is 1.07. The lowest BCUT2D eigenvalue weighted by Gasteiger charge is -2.59. The van der Waals surface area contributed by atoms with E-state index < -0.39 is 40.8 Å². The van der Waals surface area contributed by atoms with Crippen molar-refractivity contribution >= 4 is 22.8 Å². The Kier molecular flexibility index (Phi) is 8.58. The number of carboxylic acids is 1. The maximum absolute atomic E-state index is 14.7. The van der Waals surface area contributed by atoms with E-state index >= 15 is 0 Å². The van der Waals surface area contributed by atoms with E-state index in [2.05, 4.69) is 15.3 Å². The number of hydrogen-bond acceptors (Lipinski definition) is 6. The molecule has 2 N–H and O–H groups in total. The number of carboxylic acid groups (broad SMARTS) is 1. The summed E-state index contributed by atoms with van der Waals surface area (Å²) in [7, 11) is 0. The van der Waals surface area contributed by atoms with Crippen LogP contribution in [0.15, 0.2) is 30.6 Å². The third kappa shape index (κ3) is 6.02. The minimum absolute atomic E-state index is 0.0306. The SMILES string of the molecule is CC[C@@H](C)n1cc(-c2ncc(C(=O)NC3(C(=O)O)C4CC5CC(C4)CC3C5)c(C(F)(F)F)n2)c2ccc(OC3CCC(N4CC(F)(F)C4)CC3)cc21. The fourth-order valence-electron chi connectivity index (χ4n) is 10.3. The third-order valence-electron chi connectivity index (χ3n) is 12.8. The van der Waals surface area contributed by atoms with Gasteiger partial charge in [-0.2, -0.15) is 13.2 Å². The molecule has 5 saturated carbocycles. The fraction of sp³-hybridized carbons (Fsp3) is 0.632. The summed E-state index contributed by atoms with van der Waals surface area (Å²) in [5, 5.41) is 13.7. The number of fused-ring (bicyclic) bond motifs is 1. The van der Waals surface area contributed by atoms with Crippen molar-refractivity contribution in [3.05, 3.63) is 41.9 Å². The molecule has 0 spiro atoms. The van der Waals surface area contributed by atoms with E-state index in [1.54, 1.807) is 18.3 Å². The van der Waals surface area contributed by atoms with E-state index in [9.17, 15) is 36.6 Å². The zero-order chi connectivity index (χ0) is 36.7. The van der Waals surface area contributed by atoms with Gasteiger partial charge >= 0.3 is 12.1 Å². The number of likely N-dealkylation sites (tertiary alicyclic amines) is 1. The minimum Gasteiger partial charge on any atom is -0.490 e. The van der Waals surface area contributed by atoms with Crippen molar-refractivity contribution in [1.82, 2.24) is 24.8 Å². The van der Waals surface area contributed by atoms with Crippen LogP contribution in [0.5, 0.6) is 5.75 Å². The first kappa shape index (κ1) is 35.2. The molecular formula is C38H44F5N5O4. The van der Waals surface area contributed by atoms with E-state index in [0.717, 1.165) is 50.2 Å². The van der Waals surface area contributed by atoms with Gasteiger partial charge in [0.2, 0.25) is 0 Å². The lowest BCUT2D eigenvalue weighted by molar-refractivity contribution is -0.163. The van der Waals surface area contributed by atoms with Crippen LogP contribution in [0.4, 0.5) is 22.0 Å². The highest BCUT2D eigenvalue weighted by molar-refractivity contribution is 6.00. The number of halogens is 5. The largest absolute Gasteiger partial charge is 0.490 e. The lowest BCUT2D eigenvalue weighted by Crippen LogP contribution is -2.70. The third-order valence-corrected chi connectivity index (χ3v) is 12.8. The minimum atomic E-state index is -5.02. The molecule has 9 rings (SSSR count). The number of hydrogen-bond donors (Lipinski definition) is 2. The molecule has 0 radical (unpaired) electrons. The monoisotopic (exact) mass is 729 g/mol. The van der Waals surface area contributed by atoms with Gasteiger partial charge in [0.1, 0.15) is 11.3 Å². The highest BCUT2D eigenvalue weighted by Crippen LogP contribution is 2.58. The molecule has 1 atom stereocenters. The van der Waals surface area contributed by atoms with Crippen LogP contribution in [0.25, 0.3) is 22.3 Å². The van der Waals surface area contributed by atoms with Gasteiger partial charge < -0.3 is 19.7 Å². The Bertz CT molecular complexity index is 1850. The summed E-state index contributed by atoms with van der Waals surface area (Å²) in [5.74, 6) is -4.44. The first-order valence-corrected chi connectivity index (χ1v) is 18.6. The Morgan fingerprint density at radius 1 is 1.04 bits per heavy atom. The Morgan fingerprint density at radius 2 is 1.69 bits per heavy atom. The summed E-state index contributed by atoms with van der Waals surface area (Å²) in [6.07, 6.45) is 4.80. The number of aliphatic carboxylic acids is 1. The van der Waals surface area contributed by atoms with Crippen LogP contribution in [0, 0.1) is 23.7 Å². The van der Waals surface area contributed by atoms with Crippen molar-refractivity contribution in [1.29, 1.82) is 0 Å². The molecule has 280 valence electrons. The second kappa shape index (κ2) is 12.7. The molecule has 5 aliphatic carbocycles. The van der Waals surface area contributed by atoms with E-state index in [4.69, 9.17) is 4.74 Å². The molecule has 4 bridgehead atoms. The van der Waals surface area contributed by atoms with Gasteiger partial charge in [0, 0.05) is 41.5 Å². The second-order valence-corrected chi connectivity index (χ2v) is 16.1. The smallest absolute Gasteiger partial charge is 0.434 e. The van der Waals surface area contributed by atoms with Crippen LogP contribution in [-0.4, -0.2) is 73.1 Å². The molecule has 6 aliphatic rings. The molecular weight excluding hydrogens is 685 g/mol. The van der Waals surface area contributed by atoms with Gasteiger partial charge in [0.05, 0.1) is 30.3 Å².